The summed E-state index contributed by atoms with van der Waals surface area (Å²) in [6, 6.07) is 8.79. The Morgan fingerprint density at radius 3 is 2.40 bits per heavy atom. The molecule has 0 aromatic heterocycles. The van der Waals surface area contributed by atoms with Crippen molar-refractivity contribution in [3.8, 4) is 0 Å². The Labute approximate surface area is 87.0 Å². The standard InChI is InChI=1S/C11H12FNO2/c1-8(12)11(13,10(14)15)7-9-5-3-2-4-6-9/h2-6H,1,7,13H2,(H,14,15)/p+1/t11-/m1/s1. The van der Waals surface area contributed by atoms with Crippen LogP contribution in [0.4, 0.5) is 4.39 Å². The van der Waals surface area contributed by atoms with Crippen molar-refractivity contribution in [3.05, 3.63) is 48.3 Å². The fourth-order valence-corrected chi connectivity index (χ4v) is 1.23. The van der Waals surface area contributed by atoms with Gasteiger partial charge in [-0.2, -0.15) is 0 Å². The average molecular weight is 210 g/mol. The summed E-state index contributed by atoms with van der Waals surface area (Å²) in [6.07, 6.45) is -0.00148. The first-order chi connectivity index (χ1) is 6.97. The van der Waals surface area contributed by atoms with E-state index in [1.807, 2.05) is 0 Å². The molecule has 0 aliphatic heterocycles. The van der Waals surface area contributed by atoms with Crippen molar-refractivity contribution >= 4 is 5.97 Å². The molecule has 0 unspecified atom stereocenters. The quantitative estimate of drug-likeness (QED) is 0.771. The van der Waals surface area contributed by atoms with E-state index in [1.54, 1.807) is 30.3 Å². The molecule has 0 saturated heterocycles. The molecule has 0 aliphatic rings. The van der Waals surface area contributed by atoms with Crippen LogP contribution in [0.2, 0.25) is 0 Å². The monoisotopic (exact) mass is 210 g/mol. The molecule has 4 heteroatoms. The molecular formula is C11H13FNO2+. The Hall–Kier alpha value is -1.68. The Morgan fingerprint density at radius 1 is 1.47 bits per heavy atom. The van der Waals surface area contributed by atoms with Gasteiger partial charge in [0.1, 0.15) is 0 Å². The SMILES string of the molecule is C=C(F)[C@]([NH3+])(Cc1ccccc1)C(=O)O. The van der Waals surface area contributed by atoms with Crippen LogP contribution in [0.3, 0.4) is 0 Å². The van der Waals surface area contributed by atoms with Gasteiger partial charge in [0, 0.05) is 6.42 Å². The summed E-state index contributed by atoms with van der Waals surface area (Å²) in [4.78, 5) is 10.9. The van der Waals surface area contributed by atoms with E-state index in [2.05, 4.69) is 12.3 Å². The minimum atomic E-state index is -1.79. The van der Waals surface area contributed by atoms with Gasteiger partial charge in [0.15, 0.2) is 5.83 Å². The summed E-state index contributed by atoms with van der Waals surface area (Å²) in [7, 11) is 0. The van der Waals surface area contributed by atoms with Gasteiger partial charge in [-0.05, 0) is 5.56 Å². The van der Waals surface area contributed by atoms with Crippen LogP contribution in [0, 0.1) is 0 Å². The molecule has 0 bridgehead atoms. The molecule has 15 heavy (non-hydrogen) atoms. The molecule has 0 heterocycles. The van der Waals surface area contributed by atoms with E-state index in [-0.39, 0.29) is 6.42 Å². The topological polar surface area (TPSA) is 64.9 Å². The molecule has 0 spiro atoms. The van der Waals surface area contributed by atoms with Crippen LogP contribution in [0.15, 0.2) is 42.7 Å². The highest BCUT2D eigenvalue weighted by Crippen LogP contribution is 2.17. The number of carbonyl (C=O) groups is 1. The number of carboxylic acid groups (broad SMARTS) is 1. The normalized spacial score (nSPS) is 14.3. The third-order valence-electron chi connectivity index (χ3n) is 2.28. The molecule has 0 amide bonds. The van der Waals surface area contributed by atoms with Crippen LogP contribution in [-0.2, 0) is 11.2 Å². The largest absolute Gasteiger partial charge is 0.476 e. The van der Waals surface area contributed by atoms with Gasteiger partial charge in [-0.3, -0.25) is 0 Å². The van der Waals surface area contributed by atoms with Crippen LogP contribution in [0.5, 0.6) is 0 Å². The summed E-state index contributed by atoms with van der Waals surface area (Å²) in [5, 5.41) is 8.90. The molecule has 0 saturated carbocycles. The molecular weight excluding hydrogens is 197 g/mol. The zero-order chi connectivity index (χ0) is 11.5. The summed E-state index contributed by atoms with van der Waals surface area (Å²) < 4.78 is 13.0. The first-order valence-corrected chi connectivity index (χ1v) is 4.44. The third-order valence-corrected chi connectivity index (χ3v) is 2.28. The fraction of sp³-hybridized carbons (Fsp3) is 0.182. The van der Waals surface area contributed by atoms with Gasteiger partial charge in [-0.25, -0.2) is 9.18 Å². The molecule has 80 valence electrons. The van der Waals surface area contributed by atoms with Gasteiger partial charge in [-0.1, -0.05) is 36.9 Å². The van der Waals surface area contributed by atoms with Gasteiger partial charge in [0.2, 0.25) is 5.54 Å². The zero-order valence-corrected chi connectivity index (χ0v) is 8.24. The molecule has 4 N–H and O–H groups in total. The maximum atomic E-state index is 13.0. The van der Waals surface area contributed by atoms with E-state index in [4.69, 9.17) is 5.11 Å². The van der Waals surface area contributed by atoms with Crippen LogP contribution in [-0.4, -0.2) is 16.6 Å². The molecule has 0 radical (unpaired) electrons. The van der Waals surface area contributed by atoms with Crippen molar-refractivity contribution in [2.45, 2.75) is 12.0 Å². The van der Waals surface area contributed by atoms with Crippen LogP contribution in [0.25, 0.3) is 0 Å². The lowest BCUT2D eigenvalue weighted by Gasteiger charge is -2.18. The molecule has 0 aliphatic carbocycles. The lowest BCUT2D eigenvalue weighted by molar-refractivity contribution is -0.451. The number of quaternary nitrogens is 1. The van der Waals surface area contributed by atoms with Gasteiger partial charge in [-0.15, -0.1) is 0 Å². The highest BCUT2D eigenvalue weighted by Gasteiger charge is 2.42. The summed E-state index contributed by atoms with van der Waals surface area (Å²) in [5.74, 6) is -2.24. The van der Waals surface area contributed by atoms with Crippen molar-refractivity contribution < 1.29 is 20.0 Å². The minimum absolute atomic E-state index is 0.00148. The second-order valence-corrected chi connectivity index (χ2v) is 3.45. The third kappa shape index (κ3) is 2.41. The van der Waals surface area contributed by atoms with Crippen molar-refractivity contribution in [1.82, 2.24) is 0 Å². The predicted molar refractivity (Wildman–Crippen MR) is 53.6 cm³/mol. The minimum Gasteiger partial charge on any atom is -0.476 e. The molecule has 1 aromatic rings. The van der Waals surface area contributed by atoms with Crippen molar-refractivity contribution in [3.63, 3.8) is 0 Å². The Balaban J connectivity index is 2.95. The highest BCUT2D eigenvalue weighted by molar-refractivity contribution is 5.80. The number of aliphatic carboxylic acids is 1. The lowest BCUT2D eigenvalue weighted by atomic mass is 9.91. The number of hydrogen-bond acceptors (Lipinski definition) is 1. The van der Waals surface area contributed by atoms with Crippen LogP contribution >= 0.6 is 0 Å². The highest BCUT2D eigenvalue weighted by atomic mass is 19.1. The van der Waals surface area contributed by atoms with E-state index in [9.17, 15) is 9.18 Å². The second-order valence-electron chi connectivity index (χ2n) is 3.45. The van der Waals surface area contributed by atoms with Gasteiger partial charge < -0.3 is 10.8 Å². The number of benzene rings is 1. The molecule has 3 nitrogen and oxygen atoms in total. The summed E-state index contributed by atoms with van der Waals surface area (Å²) in [5.41, 5.74) is 2.32. The molecule has 1 rings (SSSR count). The van der Waals surface area contributed by atoms with E-state index in [0.29, 0.717) is 5.56 Å². The lowest BCUT2D eigenvalue weighted by Crippen LogP contribution is -2.78. The first kappa shape index (κ1) is 11.4. The number of halogens is 1. The molecule has 0 fully saturated rings. The Kier molecular flexibility index (Phi) is 3.21. The van der Waals surface area contributed by atoms with Crippen molar-refractivity contribution in [1.29, 1.82) is 0 Å². The number of carboxylic acids is 1. The predicted octanol–water partition coefficient (Wildman–Crippen LogP) is 0.778. The van der Waals surface area contributed by atoms with Crippen LogP contribution in [0.1, 0.15) is 5.56 Å². The molecule has 1 aromatic carbocycles. The van der Waals surface area contributed by atoms with E-state index >= 15 is 0 Å². The maximum absolute atomic E-state index is 13.0. The van der Waals surface area contributed by atoms with Gasteiger partial charge >= 0.3 is 5.97 Å². The smallest absolute Gasteiger partial charge is 0.373 e. The van der Waals surface area contributed by atoms with E-state index in [0.717, 1.165) is 0 Å². The van der Waals surface area contributed by atoms with E-state index < -0.39 is 17.3 Å². The van der Waals surface area contributed by atoms with Crippen molar-refractivity contribution in [2.75, 3.05) is 0 Å². The number of hydrogen-bond donors (Lipinski definition) is 2. The number of rotatable bonds is 4. The summed E-state index contributed by atoms with van der Waals surface area (Å²) in [6.45, 7) is 3.03. The summed E-state index contributed by atoms with van der Waals surface area (Å²) >= 11 is 0. The molecule has 1 atom stereocenters. The van der Waals surface area contributed by atoms with Gasteiger partial charge in [0.05, 0.1) is 0 Å². The van der Waals surface area contributed by atoms with Crippen molar-refractivity contribution in [2.24, 2.45) is 0 Å². The first-order valence-electron chi connectivity index (χ1n) is 4.44. The van der Waals surface area contributed by atoms with Gasteiger partial charge in [0.25, 0.3) is 0 Å². The fourth-order valence-electron chi connectivity index (χ4n) is 1.23. The zero-order valence-electron chi connectivity index (χ0n) is 8.24. The average Bonchev–Trinajstić information content (AvgIpc) is 2.18. The Morgan fingerprint density at radius 2 is 2.00 bits per heavy atom. The van der Waals surface area contributed by atoms with E-state index in [1.165, 1.54) is 0 Å². The second kappa shape index (κ2) is 4.23. The maximum Gasteiger partial charge on any atom is 0.373 e. The van der Waals surface area contributed by atoms with Crippen LogP contribution < -0.4 is 5.73 Å². The Bertz CT molecular complexity index is 361.